The third-order valence-corrected chi connectivity index (χ3v) is 4.06. The van der Waals surface area contributed by atoms with Crippen LogP contribution in [0.5, 0.6) is 0 Å². The molecule has 0 amide bonds. The second-order valence-electron chi connectivity index (χ2n) is 3.65. The molecule has 0 fully saturated rings. The minimum Gasteiger partial charge on any atom is -0.478 e. The average Bonchev–Trinajstić information content (AvgIpc) is 2.34. The maximum atomic E-state index is 11.0. The fourth-order valence-electron chi connectivity index (χ4n) is 1.44. The lowest BCUT2D eigenvalue weighted by Crippen LogP contribution is -1.99. The summed E-state index contributed by atoms with van der Waals surface area (Å²) >= 11 is 7.41. The van der Waals surface area contributed by atoms with Crippen molar-refractivity contribution < 1.29 is 9.90 Å². The molecule has 1 aromatic heterocycles. The smallest absolute Gasteiger partial charge is 0.337 e. The van der Waals surface area contributed by atoms with Gasteiger partial charge >= 0.3 is 5.97 Å². The number of carboxylic acids is 1. The molecule has 5 heteroatoms. The van der Waals surface area contributed by atoms with Crippen LogP contribution in [0.4, 0.5) is 0 Å². The van der Waals surface area contributed by atoms with Crippen LogP contribution in [-0.2, 0) is 0 Å². The first-order valence-electron chi connectivity index (χ1n) is 5.21. The first-order chi connectivity index (χ1) is 8.59. The molecule has 0 aliphatic heterocycles. The Balaban J connectivity index is 2.39. The van der Waals surface area contributed by atoms with Crippen molar-refractivity contribution in [2.75, 3.05) is 0 Å². The van der Waals surface area contributed by atoms with Crippen LogP contribution in [0.3, 0.4) is 0 Å². The van der Waals surface area contributed by atoms with E-state index >= 15 is 0 Å². The van der Waals surface area contributed by atoms with Crippen molar-refractivity contribution in [2.45, 2.75) is 16.8 Å². The van der Waals surface area contributed by atoms with Gasteiger partial charge in [0.1, 0.15) is 5.03 Å². The van der Waals surface area contributed by atoms with Gasteiger partial charge in [-0.1, -0.05) is 41.6 Å². The predicted octanol–water partition coefficient (Wildman–Crippen LogP) is 3.89. The summed E-state index contributed by atoms with van der Waals surface area (Å²) in [6, 6.07) is 9.20. The Morgan fingerprint density at radius 2 is 2.06 bits per heavy atom. The van der Waals surface area contributed by atoms with E-state index in [1.54, 1.807) is 0 Å². The third-order valence-electron chi connectivity index (χ3n) is 2.39. The summed E-state index contributed by atoms with van der Waals surface area (Å²) in [5, 5.41) is 9.67. The SMILES string of the molecule is Cc1ccccc1Sc1nccc(C(=O)O)c1Cl. The van der Waals surface area contributed by atoms with E-state index in [4.69, 9.17) is 16.7 Å². The number of carboxylic acid groups (broad SMARTS) is 1. The Morgan fingerprint density at radius 3 is 2.72 bits per heavy atom. The molecule has 0 atom stereocenters. The Labute approximate surface area is 114 Å². The lowest BCUT2D eigenvalue weighted by molar-refractivity contribution is 0.0696. The molecule has 0 aliphatic rings. The number of hydrogen-bond donors (Lipinski definition) is 1. The van der Waals surface area contributed by atoms with E-state index in [-0.39, 0.29) is 10.6 Å². The normalized spacial score (nSPS) is 10.3. The van der Waals surface area contributed by atoms with Crippen LogP contribution in [-0.4, -0.2) is 16.1 Å². The van der Waals surface area contributed by atoms with Crippen molar-refractivity contribution in [1.29, 1.82) is 0 Å². The molecule has 2 rings (SSSR count). The molecule has 0 radical (unpaired) electrons. The monoisotopic (exact) mass is 279 g/mol. The predicted molar refractivity (Wildman–Crippen MR) is 71.5 cm³/mol. The molecule has 18 heavy (non-hydrogen) atoms. The van der Waals surface area contributed by atoms with E-state index in [9.17, 15) is 4.79 Å². The highest BCUT2D eigenvalue weighted by atomic mass is 35.5. The van der Waals surface area contributed by atoms with E-state index in [0.717, 1.165) is 10.5 Å². The van der Waals surface area contributed by atoms with Gasteiger partial charge in [-0.2, -0.15) is 0 Å². The van der Waals surface area contributed by atoms with Gasteiger partial charge in [-0.05, 0) is 24.6 Å². The zero-order valence-electron chi connectivity index (χ0n) is 9.55. The minimum atomic E-state index is -1.05. The maximum Gasteiger partial charge on any atom is 0.337 e. The maximum absolute atomic E-state index is 11.0. The van der Waals surface area contributed by atoms with Gasteiger partial charge in [0.15, 0.2) is 0 Å². The molecule has 3 nitrogen and oxygen atoms in total. The van der Waals surface area contributed by atoms with Crippen molar-refractivity contribution in [2.24, 2.45) is 0 Å². The zero-order chi connectivity index (χ0) is 13.1. The summed E-state index contributed by atoms with van der Waals surface area (Å²) in [4.78, 5) is 16.1. The summed E-state index contributed by atoms with van der Waals surface area (Å²) in [7, 11) is 0. The fraction of sp³-hybridized carbons (Fsp3) is 0.0769. The van der Waals surface area contributed by atoms with Crippen LogP contribution in [0.2, 0.25) is 5.02 Å². The van der Waals surface area contributed by atoms with Gasteiger partial charge in [0.05, 0.1) is 10.6 Å². The molecule has 92 valence electrons. The molecule has 0 aliphatic carbocycles. The van der Waals surface area contributed by atoms with E-state index < -0.39 is 5.97 Å². The number of aromatic carboxylic acids is 1. The third kappa shape index (κ3) is 2.66. The summed E-state index contributed by atoms with van der Waals surface area (Å²) < 4.78 is 0. The Bertz CT molecular complexity index is 601. The molecule has 0 spiro atoms. The van der Waals surface area contributed by atoms with E-state index in [2.05, 4.69) is 4.98 Å². The number of nitrogens with zero attached hydrogens (tertiary/aromatic N) is 1. The number of pyridine rings is 1. The number of carbonyl (C=O) groups is 1. The number of rotatable bonds is 3. The first kappa shape index (κ1) is 12.9. The fourth-order valence-corrected chi connectivity index (χ4v) is 2.64. The van der Waals surface area contributed by atoms with Crippen molar-refractivity contribution >= 4 is 29.3 Å². The second-order valence-corrected chi connectivity index (χ2v) is 5.06. The molecule has 1 aromatic carbocycles. The quantitative estimate of drug-likeness (QED) is 0.926. The van der Waals surface area contributed by atoms with Crippen molar-refractivity contribution in [3.05, 3.63) is 52.7 Å². The standard InChI is InChI=1S/C13H10ClNO2S/c1-8-4-2-3-5-10(8)18-12-11(14)9(13(16)17)6-7-15-12/h2-7H,1H3,(H,16,17). The van der Waals surface area contributed by atoms with E-state index in [1.807, 2.05) is 31.2 Å². The Kier molecular flexibility index (Phi) is 3.89. The van der Waals surface area contributed by atoms with Crippen molar-refractivity contribution in [3.63, 3.8) is 0 Å². The van der Waals surface area contributed by atoms with Gasteiger partial charge in [0, 0.05) is 11.1 Å². The highest BCUT2D eigenvalue weighted by molar-refractivity contribution is 7.99. The lowest BCUT2D eigenvalue weighted by Gasteiger charge is -2.07. The Morgan fingerprint density at radius 1 is 1.33 bits per heavy atom. The van der Waals surface area contributed by atoms with Gasteiger partial charge < -0.3 is 5.11 Å². The van der Waals surface area contributed by atoms with Gasteiger partial charge in [0.2, 0.25) is 0 Å². The molecule has 1 N–H and O–H groups in total. The minimum absolute atomic E-state index is 0.0720. The molecule has 0 unspecified atom stereocenters. The van der Waals surface area contributed by atoms with E-state index in [1.165, 1.54) is 24.0 Å². The van der Waals surface area contributed by atoms with Gasteiger partial charge in [-0.3, -0.25) is 0 Å². The van der Waals surface area contributed by atoms with Gasteiger partial charge in [-0.15, -0.1) is 0 Å². The number of aryl methyl sites for hydroxylation is 1. The Hall–Kier alpha value is -1.52. The highest BCUT2D eigenvalue weighted by Gasteiger charge is 2.14. The second kappa shape index (κ2) is 5.42. The van der Waals surface area contributed by atoms with Crippen LogP contribution in [0.25, 0.3) is 0 Å². The van der Waals surface area contributed by atoms with Crippen molar-refractivity contribution in [1.82, 2.24) is 4.98 Å². The number of benzene rings is 1. The summed E-state index contributed by atoms with van der Waals surface area (Å²) in [5.74, 6) is -1.05. The molecule has 0 saturated heterocycles. The first-order valence-corrected chi connectivity index (χ1v) is 6.40. The molecular weight excluding hydrogens is 270 g/mol. The molecule has 0 bridgehead atoms. The lowest BCUT2D eigenvalue weighted by atomic mass is 10.2. The van der Waals surface area contributed by atoms with Gasteiger partial charge in [0.25, 0.3) is 0 Å². The van der Waals surface area contributed by atoms with Crippen molar-refractivity contribution in [3.8, 4) is 0 Å². The molecule has 2 aromatic rings. The molecular formula is C13H10ClNO2S. The summed E-state index contributed by atoms with van der Waals surface area (Å²) in [5.41, 5.74) is 1.17. The summed E-state index contributed by atoms with van der Waals surface area (Å²) in [6.45, 7) is 1.98. The topological polar surface area (TPSA) is 50.2 Å². The molecule has 0 saturated carbocycles. The van der Waals surface area contributed by atoms with Crippen LogP contribution in [0.1, 0.15) is 15.9 Å². The van der Waals surface area contributed by atoms with Crippen LogP contribution >= 0.6 is 23.4 Å². The van der Waals surface area contributed by atoms with Crippen LogP contribution in [0, 0.1) is 6.92 Å². The largest absolute Gasteiger partial charge is 0.478 e. The highest BCUT2D eigenvalue weighted by Crippen LogP contribution is 2.34. The average molecular weight is 280 g/mol. The van der Waals surface area contributed by atoms with Crippen LogP contribution < -0.4 is 0 Å². The van der Waals surface area contributed by atoms with Crippen LogP contribution in [0.15, 0.2) is 46.5 Å². The van der Waals surface area contributed by atoms with Gasteiger partial charge in [-0.25, -0.2) is 9.78 Å². The number of hydrogen-bond acceptors (Lipinski definition) is 3. The summed E-state index contributed by atoms with van der Waals surface area (Å²) in [6.07, 6.45) is 1.45. The number of aromatic nitrogens is 1. The number of halogens is 1. The van der Waals surface area contributed by atoms with E-state index in [0.29, 0.717) is 5.03 Å². The zero-order valence-corrected chi connectivity index (χ0v) is 11.1. The molecule has 1 heterocycles.